The van der Waals surface area contributed by atoms with Crippen molar-refractivity contribution < 1.29 is 4.57 Å². The largest absolute Gasteiger partial charge is 0.319 e. The van der Waals surface area contributed by atoms with E-state index in [1.165, 1.54) is 47.9 Å². The van der Waals surface area contributed by atoms with Crippen LogP contribution < -0.4 is 5.30 Å². The highest BCUT2D eigenvalue weighted by atomic mass is 31.2. The van der Waals surface area contributed by atoms with E-state index in [2.05, 4.69) is 121 Å². The van der Waals surface area contributed by atoms with Gasteiger partial charge in [-0.1, -0.05) is 164 Å². The minimum Gasteiger partial charge on any atom is -0.319 e. The number of rotatable bonds is 8. The molecule has 0 spiro atoms. The monoisotopic (exact) mass is 707 g/mol. The van der Waals surface area contributed by atoms with Gasteiger partial charge < -0.3 is 4.57 Å². The summed E-state index contributed by atoms with van der Waals surface area (Å²) in [6, 6.07) is 55.7. The van der Waals surface area contributed by atoms with Crippen molar-refractivity contribution in [2.45, 2.75) is 31.1 Å². The van der Waals surface area contributed by atoms with Crippen LogP contribution in [0.5, 0.6) is 0 Å². The summed E-state index contributed by atoms with van der Waals surface area (Å²) < 4.78 is 12.7. The van der Waals surface area contributed by atoms with Crippen molar-refractivity contribution in [1.29, 1.82) is 0 Å². The van der Waals surface area contributed by atoms with E-state index in [4.69, 9.17) is 15.0 Å². The first-order chi connectivity index (χ1) is 25.8. The molecule has 2 aliphatic rings. The Bertz CT molecular complexity index is 2440. The van der Waals surface area contributed by atoms with Gasteiger partial charge in [-0.3, -0.25) is 0 Å². The normalized spacial score (nSPS) is 19.4. The van der Waals surface area contributed by atoms with Gasteiger partial charge in [0.05, 0.1) is 0 Å². The zero-order chi connectivity index (χ0) is 36.0. The Morgan fingerprint density at radius 3 is 1.51 bits per heavy atom. The molecule has 6 aromatic carbocycles. The van der Waals surface area contributed by atoms with Gasteiger partial charge in [0.2, 0.25) is 0 Å². The number of fused-ring (bicyclic) bond motifs is 2. The standard InChI is InChI=1S/C48H42N3OP/c1-53(2,52)44-28-23-36(24-29-44)40-14-9-15-42(31-40)48(32-33-16-25-43(48)30-33)41-26-21-39(22-27-41)47-50-45(37-12-7-4-8-13-37)49-46(51-47)38-19-17-35(18-20-38)34-10-5-3-6-11-34/h3-15,17-24,26-29,31,33,43H,16,25,30,32H2,1-2H3. The van der Waals surface area contributed by atoms with Gasteiger partial charge in [0.25, 0.3) is 0 Å². The Labute approximate surface area is 312 Å². The van der Waals surface area contributed by atoms with Gasteiger partial charge in [-0.25, -0.2) is 15.0 Å². The second kappa shape index (κ2) is 13.5. The topological polar surface area (TPSA) is 55.7 Å². The molecule has 7 aromatic rings. The zero-order valence-corrected chi connectivity index (χ0v) is 31.1. The van der Waals surface area contributed by atoms with Crippen LogP contribution >= 0.6 is 7.14 Å². The van der Waals surface area contributed by atoms with E-state index in [-0.39, 0.29) is 5.41 Å². The fourth-order valence-corrected chi connectivity index (χ4v) is 9.77. The van der Waals surface area contributed by atoms with Crippen LogP contribution in [0.25, 0.3) is 56.4 Å². The molecule has 4 nitrogen and oxygen atoms in total. The van der Waals surface area contributed by atoms with Crippen molar-refractivity contribution in [2.24, 2.45) is 11.8 Å². The highest BCUT2D eigenvalue weighted by molar-refractivity contribution is 7.70. The molecule has 5 heteroatoms. The molecular weight excluding hydrogens is 666 g/mol. The molecule has 0 N–H and O–H groups in total. The fraction of sp³-hybridized carbons (Fsp3) is 0.188. The Morgan fingerprint density at radius 2 is 0.962 bits per heavy atom. The summed E-state index contributed by atoms with van der Waals surface area (Å²) in [4.78, 5) is 15.1. The van der Waals surface area contributed by atoms with Gasteiger partial charge in [-0.15, -0.1) is 0 Å². The maximum absolute atomic E-state index is 12.7. The molecule has 0 radical (unpaired) electrons. The predicted molar refractivity (Wildman–Crippen MR) is 219 cm³/mol. The molecule has 0 amide bonds. The van der Waals surface area contributed by atoms with E-state index >= 15 is 0 Å². The highest BCUT2D eigenvalue weighted by Crippen LogP contribution is 2.60. The molecule has 0 saturated heterocycles. The molecule has 2 saturated carbocycles. The number of hydrogen-bond donors (Lipinski definition) is 0. The maximum atomic E-state index is 12.7. The average molecular weight is 708 g/mol. The summed E-state index contributed by atoms with van der Waals surface area (Å²) in [5, 5.41) is 0.921. The van der Waals surface area contributed by atoms with Gasteiger partial charge in [0.1, 0.15) is 7.14 Å². The number of hydrogen-bond acceptors (Lipinski definition) is 4. The Hall–Kier alpha value is -5.44. The van der Waals surface area contributed by atoms with Crippen LogP contribution in [-0.2, 0) is 9.98 Å². The molecule has 1 heterocycles. The van der Waals surface area contributed by atoms with Crippen molar-refractivity contribution in [2.75, 3.05) is 13.3 Å². The van der Waals surface area contributed by atoms with Crippen LogP contribution in [-0.4, -0.2) is 28.3 Å². The molecule has 0 aliphatic heterocycles. The lowest BCUT2D eigenvalue weighted by atomic mass is 9.64. The molecule has 260 valence electrons. The van der Waals surface area contributed by atoms with E-state index < -0.39 is 7.14 Å². The molecule has 9 rings (SSSR count). The summed E-state index contributed by atoms with van der Waals surface area (Å²) in [5.74, 6) is 3.35. The van der Waals surface area contributed by atoms with Crippen molar-refractivity contribution in [1.82, 2.24) is 15.0 Å². The number of aromatic nitrogens is 3. The lowest BCUT2D eigenvalue weighted by Gasteiger charge is -2.39. The molecule has 2 bridgehead atoms. The van der Waals surface area contributed by atoms with Crippen molar-refractivity contribution >= 4 is 12.4 Å². The van der Waals surface area contributed by atoms with Gasteiger partial charge in [0, 0.05) is 27.4 Å². The van der Waals surface area contributed by atoms with Crippen LogP contribution in [0.4, 0.5) is 0 Å². The van der Waals surface area contributed by atoms with E-state index in [0.29, 0.717) is 23.4 Å². The Balaban J connectivity index is 1.09. The average Bonchev–Trinajstić information content (AvgIpc) is 3.84. The molecule has 1 aromatic heterocycles. The van der Waals surface area contributed by atoms with Crippen LogP contribution in [0.3, 0.4) is 0 Å². The summed E-state index contributed by atoms with van der Waals surface area (Å²) in [7, 11) is -2.30. The summed E-state index contributed by atoms with van der Waals surface area (Å²) in [6.45, 7) is 3.67. The molecule has 2 fully saturated rings. The predicted octanol–water partition coefficient (Wildman–Crippen LogP) is 11.6. The third kappa shape index (κ3) is 6.36. The fourth-order valence-electron chi connectivity index (χ4n) is 8.90. The molecule has 2 aliphatic carbocycles. The van der Waals surface area contributed by atoms with Crippen molar-refractivity contribution in [3.8, 4) is 56.4 Å². The quantitative estimate of drug-likeness (QED) is 0.148. The highest BCUT2D eigenvalue weighted by Gasteiger charge is 2.52. The summed E-state index contributed by atoms with van der Waals surface area (Å²) >= 11 is 0. The Kier molecular flexibility index (Phi) is 8.52. The van der Waals surface area contributed by atoms with Crippen LogP contribution in [0.15, 0.2) is 158 Å². The van der Waals surface area contributed by atoms with Crippen LogP contribution in [0, 0.1) is 11.8 Å². The maximum Gasteiger partial charge on any atom is 0.164 e. The minimum absolute atomic E-state index is 0.0418. The van der Waals surface area contributed by atoms with Crippen molar-refractivity contribution in [3.05, 3.63) is 169 Å². The van der Waals surface area contributed by atoms with E-state index in [0.717, 1.165) is 39.0 Å². The third-order valence-electron chi connectivity index (χ3n) is 11.6. The summed E-state index contributed by atoms with van der Waals surface area (Å²) in [6.07, 6.45) is 5.03. The van der Waals surface area contributed by atoms with E-state index in [1.54, 1.807) is 0 Å². The molecule has 3 atom stereocenters. The summed E-state index contributed by atoms with van der Waals surface area (Å²) in [5.41, 5.74) is 10.3. The Morgan fingerprint density at radius 1 is 0.491 bits per heavy atom. The van der Waals surface area contributed by atoms with Crippen LogP contribution in [0.1, 0.15) is 36.8 Å². The van der Waals surface area contributed by atoms with E-state index in [9.17, 15) is 4.57 Å². The lowest BCUT2D eigenvalue weighted by molar-refractivity contribution is 0.320. The molecule has 3 unspecified atom stereocenters. The van der Waals surface area contributed by atoms with Gasteiger partial charge in [0.15, 0.2) is 17.5 Å². The first-order valence-electron chi connectivity index (χ1n) is 18.7. The smallest absolute Gasteiger partial charge is 0.164 e. The van der Waals surface area contributed by atoms with Gasteiger partial charge in [-0.2, -0.15) is 0 Å². The second-order valence-corrected chi connectivity index (χ2v) is 18.4. The minimum atomic E-state index is -2.30. The number of nitrogens with zero attached hydrogens (tertiary/aromatic N) is 3. The molecular formula is C48H42N3OP. The van der Waals surface area contributed by atoms with Crippen LogP contribution in [0.2, 0.25) is 0 Å². The second-order valence-electron chi connectivity index (χ2n) is 15.2. The third-order valence-corrected chi connectivity index (χ3v) is 13.2. The first kappa shape index (κ1) is 33.4. The van der Waals surface area contributed by atoms with Gasteiger partial charge >= 0.3 is 0 Å². The SMILES string of the molecule is CP(C)(=O)c1ccc(-c2cccc(C3(c4ccc(-c5nc(-c6ccccc6)nc(-c6ccc(-c7ccccc7)cc6)n5)cc4)CC4CCC3C4)c2)cc1. The van der Waals surface area contributed by atoms with Gasteiger partial charge in [-0.05, 0) is 77.8 Å². The number of benzene rings is 6. The lowest BCUT2D eigenvalue weighted by Crippen LogP contribution is -2.34. The van der Waals surface area contributed by atoms with E-state index in [1.807, 2.05) is 49.7 Å². The molecule has 53 heavy (non-hydrogen) atoms. The first-order valence-corrected chi connectivity index (χ1v) is 21.3. The van der Waals surface area contributed by atoms with Crippen molar-refractivity contribution in [3.63, 3.8) is 0 Å². The zero-order valence-electron chi connectivity index (χ0n) is 30.2.